The monoisotopic (exact) mass is 260 g/mol. The Labute approximate surface area is 106 Å². The molecule has 1 nitrogen and oxygen atoms in total. The van der Waals surface area contributed by atoms with E-state index in [1.54, 1.807) is 12.1 Å². The summed E-state index contributed by atoms with van der Waals surface area (Å²) < 4.78 is 38.0. The molecule has 0 spiro atoms. The molecule has 1 unspecified atom stereocenters. The molecule has 1 atom stereocenters. The largest absolute Gasteiger partial charge is 0.421 e. The Morgan fingerprint density at radius 2 is 1.33 bits per heavy atom. The van der Waals surface area contributed by atoms with Crippen molar-refractivity contribution in [3.05, 3.63) is 35.4 Å². The Hall–Kier alpha value is -1.03. The Morgan fingerprint density at radius 3 is 1.67 bits per heavy atom. The summed E-state index contributed by atoms with van der Waals surface area (Å²) in [4.78, 5) is 0. The van der Waals surface area contributed by atoms with Crippen LogP contribution in [-0.4, -0.2) is 11.3 Å². The molecule has 4 heteroatoms. The molecule has 0 fully saturated rings. The van der Waals surface area contributed by atoms with Crippen LogP contribution in [0.1, 0.15) is 45.2 Å². The summed E-state index contributed by atoms with van der Waals surface area (Å²) >= 11 is 0. The molecule has 0 saturated carbocycles. The maximum Gasteiger partial charge on any atom is 0.421 e. The lowest BCUT2D eigenvalue weighted by molar-refractivity contribution is -0.258. The number of hydrogen-bond donors (Lipinski definition) is 1. The van der Waals surface area contributed by atoms with E-state index in [0.717, 1.165) is 18.9 Å². The van der Waals surface area contributed by atoms with Crippen LogP contribution < -0.4 is 0 Å². The van der Waals surface area contributed by atoms with Gasteiger partial charge in [0.1, 0.15) is 0 Å². The van der Waals surface area contributed by atoms with E-state index in [4.69, 9.17) is 0 Å². The fourth-order valence-corrected chi connectivity index (χ4v) is 1.61. The first kappa shape index (κ1) is 15.0. The maximum absolute atomic E-state index is 12.7. The summed E-state index contributed by atoms with van der Waals surface area (Å²) in [7, 11) is 0. The quantitative estimate of drug-likeness (QED) is 0.865. The van der Waals surface area contributed by atoms with Crippen LogP contribution in [0, 0.1) is 0 Å². The Bertz CT molecular complexity index is 402. The average molecular weight is 260 g/mol. The Balaban J connectivity index is 3.11. The minimum Gasteiger partial charge on any atom is -0.376 e. The lowest BCUT2D eigenvalue weighted by Gasteiger charge is -2.28. The van der Waals surface area contributed by atoms with Gasteiger partial charge in [-0.1, -0.05) is 45.0 Å². The average Bonchev–Trinajstić information content (AvgIpc) is 2.27. The highest BCUT2D eigenvalue weighted by Crippen LogP contribution is 2.39. The van der Waals surface area contributed by atoms with Gasteiger partial charge in [0.25, 0.3) is 0 Å². The standard InChI is InChI=1S/C14H19F3O/c1-5-12(2,3)10-6-8-11(9-7-10)13(4,18)14(15,16)17/h6-9,18H,5H2,1-4H3. The number of benzene rings is 1. The Morgan fingerprint density at radius 1 is 0.944 bits per heavy atom. The molecule has 0 radical (unpaired) electrons. The van der Waals surface area contributed by atoms with Gasteiger partial charge in [-0.25, -0.2) is 0 Å². The van der Waals surface area contributed by atoms with E-state index < -0.39 is 11.8 Å². The number of rotatable bonds is 3. The fraction of sp³-hybridized carbons (Fsp3) is 0.571. The van der Waals surface area contributed by atoms with Gasteiger partial charge >= 0.3 is 6.18 Å². The number of halogens is 3. The zero-order chi connectivity index (χ0) is 14.2. The normalized spacial score (nSPS) is 16.4. The third kappa shape index (κ3) is 2.69. The van der Waals surface area contributed by atoms with E-state index in [-0.39, 0.29) is 11.0 Å². The maximum atomic E-state index is 12.7. The molecule has 0 saturated heterocycles. The van der Waals surface area contributed by atoms with Crippen molar-refractivity contribution >= 4 is 0 Å². The predicted molar refractivity (Wildman–Crippen MR) is 65.4 cm³/mol. The SMILES string of the molecule is CCC(C)(C)c1ccc(C(C)(O)C(F)(F)F)cc1. The van der Waals surface area contributed by atoms with E-state index in [9.17, 15) is 18.3 Å². The molecule has 0 bridgehead atoms. The highest BCUT2D eigenvalue weighted by Gasteiger charge is 2.51. The molecule has 0 aliphatic rings. The van der Waals surface area contributed by atoms with Crippen molar-refractivity contribution in [3.8, 4) is 0 Å². The lowest BCUT2D eigenvalue weighted by atomic mass is 9.81. The van der Waals surface area contributed by atoms with Crippen LogP contribution in [0.4, 0.5) is 13.2 Å². The van der Waals surface area contributed by atoms with E-state index in [1.165, 1.54) is 12.1 Å². The van der Waals surface area contributed by atoms with Crippen LogP contribution in [0.3, 0.4) is 0 Å². The highest BCUT2D eigenvalue weighted by molar-refractivity contribution is 5.31. The van der Waals surface area contributed by atoms with Crippen LogP contribution in [0.5, 0.6) is 0 Å². The van der Waals surface area contributed by atoms with Gasteiger partial charge in [0.05, 0.1) is 0 Å². The summed E-state index contributed by atoms with van der Waals surface area (Å²) in [5, 5.41) is 9.55. The molecule has 1 aromatic carbocycles. The zero-order valence-electron chi connectivity index (χ0n) is 11.1. The molecule has 0 aromatic heterocycles. The van der Waals surface area contributed by atoms with Gasteiger partial charge in [-0.05, 0) is 29.9 Å². The van der Waals surface area contributed by atoms with Crippen molar-refractivity contribution in [2.75, 3.05) is 0 Å². The van der Waals surface area contributed by atoms with E-state index >= 15 is 0 Å². The van der Waals surface area contributed by atoms with Gasteiger partial charge in [-0.3, -0.25) is 0 Å². The van der Waals surface area contributed by atoms with Crippen LogP contribution in [-0.2, 0) is 11.0 Å². The molecule has 102 valence electrons. The zero-order valence-corrected chi connectivity index (χ0v) is 11.1. The molecule has 1 rings (SSSR count). The van der Waals surface area contributed by atoms with Crippen LogP contribution in [0.2, 0.25) is 0 Å². The third-order valence-corrected chi connectivity index (χ3v) is 3.66. The molecule has 18 heavy (non-hydrogen) atoms. The van der Waals surface area contributed by atoms with Crippen molar-refractivity contribution in [2.24, 2.45) is 0 Å². The molecular formula is C14H19F3O. The first-order valence-corrected chi connectivity index (χ1v) is 5.92. The Kier molecular flexibility index (Phi) is 3.82. The van der Waals surface area contributed by atoms with E-state index in [2.05, 4.69) is 0 Å². The van der Waals surface area contributed by atoms with Gasteiger partial charge in [-0.15, -0.1) is 0 Å². The van der Waals surface area contributed by atoms with Crippen molar-refractivity contribution < 1.29 is 18.3 Å². The molecule has 1 N–H and O–H groups in total. The third-order valence-electron chi connectivity index (χ3n) is 3.66. The second-order valence-electron chi connectivity index (χ2n) is 5.38. The van der Waals surface area contributed by atoms with Gasteiger partial charge in [0.2, 0.25) is 0 Å². The smallest absolute Gasteiger partial charge is 0.376 e. The van der Waals surface area contributed by atoms with E-state index in [0.29, 0.717) is 0 Å². The molecular weight excluding hydrogens is 241 g/mol. The number of alkyl halides is 3. The van der Waals surface area contributed by atoms with Gasteiger partial charge < -0.3 is 5.11 Å². The predicted octanol–water partition coefficient (Wildman–Crippen LogP) is 4.14. The molecule has 0 heterocycles. The summed E-state index contributed by atoms with van der Waals surface area (Å²) in [6.07, 6.45) is -3.78. The van der Waals surface area contributed by atoms with E-state index in [1.807, 2.05) is 20.8 Å². The van der Waals surface area contributed by atoms with Crippen molar-refractivity contribution in [1.82, 2.24) is 0 Å². The minimum atomic E-state index is -4.67. The van der Waals surface area contributed by atoms with Crippen LogP contribution in [0.15, 0.2) is 24.3 Å². The topological polar surface area (TPSA) is 20.2 Å². The molecule has 0 aliphatic heterocycles. The second kappa shape index (κ2) is 4.57. The summed E-state index contributed by atoms with van der Waals surface area (Å²) in [5.74, 6) is 0. The highest BCUT2D eigenvalue weighted by atomic mass is 19.4. The number of aliphatic hydroxyl groups is 1. The molecule has 0 aliphatic carbocycles. The first-order chi connectivity index (χ1) is 8.02. The van der Waals surface area contributed by atoms with Gasteiger partial charge in [0, 0.05) is 0 Å². The van der Waals surface area contributed by atoms with Crippen LogP contribution in [0.25, 0.3) is 0 Å². The summed E-state index contributed by atoms with van der Waals surface area (Å²) in [6, 6.07) is 6.00. The lowest BCUT2D eigenvalue weighted by Crippen LogP contribution is -2.39. The summed E-state index contributed by atoms with van der Waals surface area (Å²) in [5.41, 5.74) is -2.05. The minimum absolute atomic E-state index is 0.0807. The molecule has 0 amide bonds. The first-order valence-electron chi connectivity index (χ1n) is 5.92. The summed E-state index contributed by atoms with van der Waals surface area (Å²) in [6.45, 7) is 6.86. The van der Waals surface area contributed by atoms with Gasteiger partial charge in [0.15, 0.2) is 5.60 Å². The second-order valence-corrected chi connectivity index (χ2v) is 5.38. The van der Waals surface area contributed by atoms with Gasteiger partial charge in [-0.2, -0.15) is 13.2 Å². The van der Waals surface area contributed by atoms with Crippen molar-refractivity contribution in [2.45, 2.75) is 51.3 Å². The van der Waals surface area contributed by atoms with Crippen molar-refractivity contribution in [1.29, 1.82) is 0 Å². The molecule has 1 aromatic rings. The van der Waals surface area contributed by atoms with Crippen LogP contribution >= 0.6 is 0 Å². The van der Waals surface area contributed by atoms with Crippen molar-refractivity contribution in [3.63, 3.8) is 0 Å². The fourth-order valence-electron chi connectivity index (χ4n) is 1.61. The number of hydrogen-bond acceptors (Lipinski definition) is 1.